The third kappa shape index (κ3) is 3.35. The van der Waals surface area contributed by atoms with Crippen molar-refractivity contribution in [3.8, 4) is 0 Å². The van der Waals surface area contributed by atoms with E-state index in [1.165, 1.54) is 24.8 Å². The number of amides is 1. The van der Waals surface area contributed by atoms with Crippen LogP contribution in [0.5, 0.6) is 0 Å². The molecule has 1 aliphatic carbocycles. The zero-order valence-corrected chi connectivity index (χ0v) is 12.4. The van der Waals surface area contributed by atoms with Crippen molar-refractivity contribution in [3.05, 3.63) is 28.2 Å². The van der Waals surface area contributed by atoms with E-state index in [-0.39, 0.29) is 11.8 Å². The zero-order chi connectivity index (χ0) is 13.0. The minimum Gasteiger partial charge on any atom is -0.326 e. The van der Waals surface area contributed by atoms with Gasteiger partial charge in [-0.1, -0.05) is 42.1 Å². The van der Waals surface area contributed by atoms with E-state index in [4.69, 9.17) is 0 Å². The number of anilines is 1. The highest BCUT2D eigenvalue weighted by Gasteiger charge is 2.21. The summed E-state index contributed by atoms with van der Waals surface area (Å²) in [7, 11) is 0. The molecule has 2 nitrogen and oxygen atoms in total. The fourth-order valence-electron chi connectivity index (χ4n) is 2.58. The second-order valence-electron chi connectivity index (χ2n) is 4.98. The summed E-state index contributed by atoms with van der Waals surface area (Å²) >= 11 is 3.47. The molecular weight excluding hydrogens is 290 g/mol. The molecule has 1 N–H and O–H groups in total. The number of hydrogen-bond acceptors (Lipinski definition) is 1. The van der Waals surface area contributed by atoms with Gasteiger partial charge in [0.25, 0.3) is 0 Å². The first-order valence-electron chi connectivity index (χ1n) is 6.80. The molecule has 1 aromatic rings. The van der Waals surface area contributed by atoms with Crippen LogP contribution >= 0.6 is 15.9 Å². The Hall–Kier alpha value is -0.830. The molecule has 0 atom stereocenters. The average molecular weight is 310 g/mol. The quantitative estimate of drug-likeness (QED) is 0.873. The molecule has 3 heteroatoms. The molecular formula is C15H20BrNO. The van der Waals surface area contributed by atoms with Crippen LogP contribution in [0.1, 0.15) is 44.6 Å². The van der Waals surface area contributed by atoms with Crippen LogP contribution in [0, 0.1) is 5.92 Å². The zero-order valence-electron chi connectivity index (χ0n) is 10.8. The van der Waals surface area contributed by atoms with Crippen LogP contribution in [-0.4, -0.2) is 5.91 Å². The number of halogens is 1. The molecule has 1 amide bonds. The van der Waals surface area contributed by atoms with Gasteiger partial charge in [-0.25, -0.2) is 0 Å². The molecule has 1 aliphatic rings. The lowest BCUT2D eigenvalue weighted by Crippen LogP contribution is -2.25. The summed E-state index contributed by atoms with van der Waals surface area (Å²) in [6, 6.07) is 6.05. The maximum absolute atomic E-state index is 12.2. The third-order valence-electron chi connectivity index (χ3n) is 3.68. The van der Waals surface area contributed by atoms with E-state index in [0.29, 0.717) is 0 Å². The van der Waals surface area contributed by atoms with Crippen molar-refractivity contribution in [2.45, 2.75) is 45.4 Å². The Labute approximate surface area is 117 Å². The van der Waals surface area contributed by atoms with Gasteiger partial charge in [0.2, 0.25) is 5.91 Å². The van der Waals surface area contributed by atoms with Crippen LogP contribution in [0.15, 0.2) is 22.7 Å². The van der Waals surface area contributed by atoms with E-state index < -0.39 is 0 Å². The SMILES string of the molecule is CCc1cc(Br)ccc1NC(=O)C1CCCCC1. The lowest BCUT2D eigenvalue weighted by Gasteiger charge is -2.21. The second-order valence-corrected chi connectivity index (χ2v) is 5.89. The monoisotopic (exact) mass is 309 g/mol. The summed E-state index contributed by atoms with van der Waals surface area (Å²) < 4.78 is 1.06. The third-order valence-corrected chi connectivity index (χ3v) is 4.18. The van der Waals surface area contributed by atoms with Crippen LogP contribution in [0.25, 0.3) is 0 Å². The lowest BCUT2D eigenvalue weighted by molar-refractivity contribution is -0.120. The van der Waals surface area contributed by atoms with Crippen LogP contribution in [-0.2, 0) is 11.2 Å². The summed E-state index contributed by atoms with van der Waals surface area (Å²) in [5.74, 6) is 0.416. The van der Waals surface area contributed by atoms with Gasteiger partial charge in [0.15, 0.2) is 0 Å². The van der Waals surface area contributed by atoms with Gasteiger partial charge in [-0.15, -0.1) is 0 Å². The molecule has 0 aliphatic heterocycles. The molecule has 0 spiro atoms. The number of rotatable bonds is 3. The number of hydrogen-bond donors (Lipinski definition) is 1. The lowest BCUT2D eigenvalue weighted by atomic mass is 9.88. The fourth-order valence-corrected chi connectivity index (χ4v) is 2.98. The van der Waals surface area contributed by atoms with Crippen molar-refractivity contribution < 1.29 is 4.79 Å². The molecule has 0 saturated heterocycles. The van der Waals surface area contributed by atoms with Gasteiger partial charge in [-0.3, -0.25) is 4.79 Å². The van der Waals surface area contributed by atoms with E-state index in [9.17, 15) is 4.79 Å². The van der Waals surface area contributed by atoms with Crippen LogP contribution in [0.4, 0.5) is 5.69 Å². The van der Waals surface area contributed by atoms with E-state index in [0.717, 1.165) is 29.4 Å². The van der Waals surface area contributed by atoms with Crippen molar-refractivity contribution in [2.24, 2.45) is 5.92 Å². The van der Waals surface area contributed by atoms with Gasteiger partial charge in [-0.2, -0.15) is 0 Å². The highest BCUT2D eigenvalue weighted by Crippen LogP contribution is 2.27. The molecule has 1 fully saturated rings. The molecule has 0 heterocycles. The summed E-state index contributed by atoms with van der Waals surface area (Å²) in [5, 5.41) is 3.10. The van der Waals surface area contributed by atoms with Gasteiger partial charge >= 0.3 is 0 Å². The molecule has 0 radical (unpaired) electrons. The highest BCUT2D eigenvalue weighted by molar-refractivity contribution is 9.10. The maximum Gasteiger partial charge on any atom is 0.227 e. The molecule has 98 valence electrons. The average Bonchev–Trinajstić information content (AvgIpc) is 2.41. The Balaban J connectivity index is 2.06. The molecule has 0 aromatic heterocycles. The second kappa shape index (κ2) is 6.37. The molecule has 18 heavy (non-hydrogen) atoms. The maximum atomic E-state index is 12.2. The van der Waals surface area contributed by atoms with Crippen molar-refractivity contribution >= 4 is 27.5 Å². The summed E-state index contributed by atoms with van der Waals surface area (Å²) in [4.78, 5) is 12.2. The Bertz CT molecular complexity index is 425. The van der Waals surface area contributed by atoms with Crippen molar-refractivity contribution in [3.63, 3.8) is 0 Å². The van der Waals surface area contributed by atoms with Gasteiger partial charge in [0.1, 0.15) is 0 Å². The minimum absolute atomic E-state index is 0.201. The van der Waals surface area contributed by atoms with Gasteiger partial charge in [-0.05, 0) is 43.0 Å². The van der Waals surface area contributed by atoms with Crippen molar-refractivity contribution in [1.82, 2.24) is 0 Å². The molecule has 0 unspecified atom stereocenters. The molecule has 1 saturated carbocycles. The van der Waals surface area contributed by atoms with Crippen LogP contribution in [0.2, 0.25) is 0 Å². The summed E-state index contributed by atoms with van der Waals surface area (Å²) in [6.07, 6.45) is 6.69. The molecule has 2 rings (SSSR count). The Morgan fingerprint density at radius 3 is 2.72 bits per heavy atom. The van der Waals surface area contributed by atoms with E-state index >= 15 is 0 Å². The Morgan fingerprint density at radius 1 is 1.33 bits per heavy atom. The highest BCUT2D eigenvalue weighted by atomic mass is 79.9. The first-order chi connectivity index (χ1) is 8.70. The number of carbonyl (C=O) groups excluding carboxylic acids is 1. The summed E-state index contributed by atoms with van der Waals surface area (Å²) in [6.45, 7) is 2.11. The van der Waals surface area contributed by atoms with Crippen LogP contribution < -0.4 is 5.32 Å². The Morgan fingerprint density at radius 2 is 2.06 bits per heavy atom. The smallest absolute Gasteiger partial charge is 0.227 e. The fraction of sp³-hybridized carbons (Fsp3) is 0.533. The normalized spacial score (nSPS) is 16.6. The van der Waals surface area contributed by atoms with E-state index in [2.05, 4.69) is 34.2 Å². The van der Waals surface area contributed by atoms with Gasteiger partial charge < -0.3 is 5.32 Å². The number of nitrogens with one attached hydrogen (secondary N) is 1. The topological polar surface area (TPSA) is 29.1 Å². The van der Waals surface area contributed by atoms with Crippen LogP contribution in [0.3, 0.4) is 0 Å². The largest absolute Gasteiger partial charge is 0.326 e. The van der Waals surface area contributed by atoms with E-state index in [1.54, 1.807) is 0 Å². The number of aryl methyl sites for hydroxylation is 1. The molecule has 1 aromatic carbocycles. The van der Waals surface area contributed by atoms with Gasteiger partial charge in [0, 0.05) is 16.1 Å². The molecule has 0 bridgehead atoms. The first-order valence-corrected chi connectivity index (χ1v) is 7.59. The summed E-state index contributed by atoms with van der Waals surface area (Å²) in [5.41, 5.74) is 2.16. The van der Waals surface area contributed by atoms with Crippen molar-refractivity contribution in [2.75, 3.05) is 5.32 Å². The Kier molecular flexibility index (Phi) is 4.81. The van der Waals surface area contributed by atoms with Crippen molar-refractivity contribution in [1.29, 1.82) is 0 Å². The number of benzene rings is 1. The predicted molar refractivity (Wildman–Crippen MR) is 78.7 cm³/mol. The standard InChI is InChI=1S/C15H20BrNO/c1-2-11-10-13(16)8-9-14(11)17-15(18)12-6-4-3-5-7-12/h8-10,12H,2-7H2,1H3,(H,17,18). The number of carbonyl (C=O) groups is 1. The first kappa shape index (κ1) is 13.6. The van der Waals surface area contributed by atoms with E-state index in [1.807, 2.05) is 12.1 Å². The minimum atomic E-state index is 0.201. The van der Waals surface area contributed by atoms with Gasteiger partial charge in [0.05, 0.1) is 0 Å². The predicted octanol–water partition coefficient (Wildman–Crippen LogP) is 4.53.